The Labute approximate surface area is 106 Å². The third-order valence-corrected chi connectivity index (χ3v) is 4.41. The molecule has 2 heteroatoms. The molecule has 18 heavy (non-hydrogen) atoms. The standard InChI is InChI=1S/C16H14O2/c1-9-12-7-10-5-3-4-6-11(10)8-13(12)16(2)15(18-16)14(9)17/h3-9,15H,1-2H3. The van der Waals surface area contributed by atoms with Gasteiger partial charge in [-0.15, -0.1) is 0 Å². The van der Waals surface area contributed by atoms with Crippen molar-refractivity contribution in [2.45, 2.75) is 31.5 Å². The maximum absolute atomic E-state index is 12.1. The molecule has 0 spiro atoms. The molecule has 1 aliphatic heterocycles. The van der Waals surface area contributed by atoms with Crippen molar-refractivity contribution in [3.05, 3.63) is 47.5 Å². The average molecular weight is 238 g/mol. The number of ketones is 1. The van der Waals surface area contributed by atoms with Crippen molar-refractivity contribution in [1.29, 1.82) is 0 Å². The van der Waals surface area contributed by atoms with Gasteiger partial charge in [0.05, 0.1) is 0 Å². The molecular formula is C16H14O2. The molecule has 2 aromatic rings. The summed E-state index contributed by atoms with van der Waals surface area (Å²) in [6.07, 6.45) is -0.221. The van der Waals surface area contributed by atoms with Crippen LogP contribution in [0.1, 0.15) is 30.9 Å². The highest BCUT2D eigenvalue weighted by Gasteiger charge is 2.62. The summed E-state index contributed by atoms with van der Waals surface area (Å²) in [5.74, 6) is 0.172. The van der Waals surface area contributed by atoms with Gasteiger partial charge in [-0.25, -0.2) is 0 Å². The molecule has 2 aromatic carbocycles. The van der Waals surface area contributed by atoms with E-state index < -0.39 is 0 Å². The third kappa shape index (κ3) is 1.09. The molecule has 2 nitrogen and oxygen atoms in total. The molecule has 3 unspecified atom stereocenters. The topological polar surface area (TPSA) is 29.6 Å². The first-order valence-corrected chi connectivity index (χ1v) is 6.36. The lowest BCUT2D eigenvalue weighted by Gasteiger charge is -2.23. The SMILES string of the molecule is CC1C(=O)C2OC2(C)c2cc3ccccc3cc21. The van der Waals surface area contributed by atoms with E-state index >= 15 is 0 Å². The number of Topliss-reactive ketones (excluding diaryl/α,β-unsaturated/α-hetero) is 1. The Kier molecular flexibility index (Phi) is 1.72. The van der Waals surface area contributed by atoms with E-state index in [2.05, 4.69) is 24.3 Å². The lowest BCUT2D eigenvalue weighted by Crippen LogP contribution is -2.28. The monoisotopic (exact) mass is 238 g/mol. The molecule has 4 rings (SSSR count). The fourth-order valence-corrected chi connectivity index (χ4v) is 3.17. The highest BCUT2D eigenvalue weighted by molar-refractivity contribution is 5.98. The summed E-state index contributed by atoms with van der Waals surface area (Å²) in [5.41, 5.74) is 1.96. The van der Waals surface area contributed by atoms with Crippen LogP contribution in [0.5, 0.6) is 0 Å². The lowest BCUT2D eigenvalue weighted by molar-refractivity contribution is -0.121. The average Bonchev–Trinajstić information content (AvgIpc) is 3.08. The zero-order valence-corrected chi connectivity index (χ0v) is 10.4. The second-order valence-corrected chi connectivity index (χ2v) is 5.52. The number of hydrogen-bond donors (Lipinski definition) is 0. The van der Waals surface area contributed by atoms with E-state index in [1.807, 2.05) is 26.0 Å². The first-order chi connectivity index (χ1) is 8.61. The summed E-state index contributed by atoms with van der Waals surface area (Å²) >= 11 is 0. The van der Waals surface area contributed by atoms with Gasteiger partial charge in [0, 0.05) is 5.92 Å². The van der Waals surface area contributed by atoms with Gasteiger partial charge in [-0.2, -0.15) is 0 Å². The van der Waals surface area contributed by atoms with Crippen LogP contribution in [-0.4, -0.2) is 11.9 Å². The van der Waals surface area contributed by atoms with Crippen LogP contribution in [-0.2, 0) is 15.1 Å². The van der Waals surface area contributed by atoms with Crippen LogP contribution in [0.4, 0.5) is 0 Å². The minimum absolute atomic E-state index is 0.0508. The van der Waals surface area contributed by atoms with E-state index in [0.717, 1.165) is 5.56 Å². The Morgan fingerprint density at radius 1 is 1.17 bits per heavy atom. The molecule has 2 aliphatic rings. The smallest absolute Gasteiger partial charge is 0.172 e. The van der Waals surface area contributed by atoms with Gasteiger partial charge in [-0.3, -0.25) is 4.79 Å². The molecule has 0 amide bonds. The second kappa shape index (κ2) is 3.01. The van der Waals surface area contributed by atoms with Crippen LogP contribution in [0.3, 0.4) is 0 Å². The van der Waals surface area contributed by atoms with Gasteiger partial charge in [-0.05, 0) is 34.9 Å². The van der Waals surface area contributed by atoms with Gasteiger partial charge in [-0.1, -0.05) is 37.3 Å². The van der Waals surface area contributed by atoms with Crippen molar-refractivity contribution < 1.29 is 9.53 Å². The first-order valence-electron chi connectivity index (χ1n) is 6.36. The summed E-state index contributed by atoms with van der Waals surface area (Å²) in [7, 11) is 0. The van der Waals surface area contributed by atoms with E-state index in [4.69, 9.17) is 4.74 Å². The second-order valence-electron chi connectivity index (χ2n) is 5.52. The van der Waals surface area contributed by atoms with Crippen molar-refractivity contribution in [2.75, 3.05) is 0 Å². The van der Waals surface area contributed by atoms with Gasteiger partial charge >= 0.3 is 0 Å². The molecule has 1 aliphatic carbocycles. The van der Waals surface area contributed by atoms with Crippen molar-refractivity contribution in [3.8, 4) is 0 Å². The van der Waals surface area contributed by atoms with Crippen LogP contribution in [0, 0.1) is 0 Å². The van der Waals surface area contributed by atoms with E-state index in [0.29, 0.717) is 0 Å². The van der Waals surface area contributed by atoms with Crippen molar-refractivity contribution in [2.24, 2.45) is 0 Å². The predicted molar refractivity (Wildman–Crippen MR) is 69.6 cm³/mol. The number of hydrogen-bond acceptors (Lipinski definition) is 2. The Bertz CT molecular complexity index is 689. The molecular weight excluding hydrogens is 224 g/mol. The quantitative estimate of drug-likeness (QED) is 0.660. The first kappa shape index (κ1) is 10.3. The number of carbonyl (C=O) groups is 1. The molecule has 0 N–H and O–H groups in total. The summed E-state index contributed by atoms with van der Waals surface area (Å²) in [5, 5.41) is 2.41. The molecule has 3 atom stereocenters. The highest BCUT2D eigenvalue weighted by Crippen LogP contribution is 2.54. The minimum atomic E-state index is -0.372. The maximum atomic E-state index is 12.1. The van der Waals surface area contributed by atoms with Gasteiger partial charge in [0.1, 0.15) is 5.60 Å². The summed E-state index contributed by atoms with van der Waals surface area (Å²) in [4.78, 5) is 12.1. The van der Waals surface area contributed by atoms with Gasteiger partial charge in [0.2, 0.25) is 0 Å². The van der Waals surface area contributed by atoms with Gasteiger partial charge < -0.3 is 4.74 Å². The number of ether oxygens (including phenoxy) is 1. The van der Waals surface area contributed by atoms with E-state index in [9.17, 15) is 4.79 Å². The van der Waals surface area contributed by atoms with Crippen molar-refractivity contribution in [3.63, 3.8) is 0 Å². The largest absolute Gasteiger partial charge is 0.353 e. The molecule has 0 radical (unpaired) electrons. The van der Waals surface area contributed by atoms with Crippen LogP contribution < -0.4 is 0 Å². The zero-order chi connectivity index (χ0) is 12.5. The fraction of sp³-hybridized carbons (Fsp3) is 0.312. The predicted octanol–water partition coefficient (Wildman–Crippen LogP) is 3.14. The summed E-state index contributed by atoms with van der Waals surface area (Å²) in [6.45, 7) is 4.01. The lowest BCUT2D eigenvalue weighted by atomic mass is 9.76. The molecule has 0 saturated carbocycles. The molecule has 1 heterocycles. The normalized spacial score (nSPS) is 33.1. The van der Waals surface area contributed by atoms with Gasteiger partial charge in [0.25, 0.3) is 0 Å². The summed E-state index contributed by atoms with van der Waals surface area (Å²) < 4.78 is 5.67. The number of epoxide rings is 1. The van der Waals surface area contributed by atoms with Crippen LogP contribution in [0.25, 0.3) is 10.8 Å². The molecule has 0 aromatic heterocycles. The molecule has 90 valence electrons. The third-order valence-electron chi connectivity index (χ3n) is 4.41. The highest BCUT2D eigenvalue weighted by atomic mass is 16.6. The zero-order valence-electron chi connectivity index (χ0n) is 10.4. The van der Waals surface area contributed by atoms with Crippen LogP contribution in [0.15, 0.2) is 36.4 Å². The molecule has 0 bridgehead atoms. The summed E-state index contributed by atoms with van der Waals surface area (Å²) in [6, 6.07) is 12.6. The number of fused-ring (bicyclic) bond motifs is 4. The molecule has 1 saturated heterocycles. The van der Waals surface area contributed by atoms with Crippen molar-refractivity contribution >= 4 is 16.6 Å². The van der Waals surface area contributed by atoms with Gasteiger partial charge in [0.15, 0.2) is 11.9 Å². The number of rotatable bonds is 0. The Morgan fingerprint density at radius 3 is 2.56 bits per heavy atom. The van der Waals surface area contributed by atoms with Crippen LogP contribution in [0.2, 0.25) is 0 Å². The Balaban J connectivity index is 2.06. The van der Waals surface area contributed by atoms with E-state index in [1.54, 1.807) is 0 Å². The van der Waals surface area contributed by atoms with Crippen LogP contribution >= 0.6 is 0 Å². The number of carbonyl (C=O) groups excluding carboxylic acids is 1. The van der Waals surface area contributed by atoms with Crippen molar-refractivity contribution in [1.82, 2.24) is 0 Å². The fourth-order valence-electron chi connectivity index (χ4n) is 3.17. The van der Waals surface area contributed by atoms with E-state index in [1.165, 1.54) is 16.3 Å². The molecule has 1 fully saturated rings. The number of benzene rings is 2. The Hall–Kier alpha value is -1.67. The Morgan fingerprint density at radius 2 is 1.83 bits per heavy atom. The van der Waals surface area contributed by atoms with E-state index in [-0.39, 0.29) is 23.4 Å². The minimum Gasteiger partial charge on any atom is -0.353 e. The maximum Gasteiger partial charge on any atom is 0.172 e.